The molecule has 0 bridgehead atoms. The Bertz CT molecular complexity index is 868. The van der Waals surface area contributed by atoms with Crippen molar-refractivity contribution in [1.29, 1.82) is 0 Å². The van der Waals surface area contributed by atoms with Crippen LogP contribution in [-0.2, 0) is 4.79 Å². The van der Waals surface area contributed by atoms with Gasteiger partial charge < -0.3 is 15.9 Å². The molecule has 0 saturated carbocycles. The zero-order valence-electron chi connectivity index (χ0n) is 13.4. The predicted molar refractivity (Wildman–Crippen MR) is 95.8 cm³/mol. The van der Waals surface area contributed by atoms with Gasteiger partial charge in [0.2, 0.25) is 11.1 Å². The standard InChI is InChI=1S/C16H16N6O2S/c1-24-13-6-2-5-12(8-13)19-14(23)10-25-16-21-20-15(22(16)17)11-4-3-7-18-9-11/h2-9H,10,17H2,1H3,(H,19,23). The van der Waals surface area contributed by atoms with Crippen LogP contribution in [0.1, 0.15) is 0 Å². The van der Waals surface area contributed by atoms with Gasteiger partial charge in [-0.15, -0.1) is 10.2 Å². The first-order valence-electron chi connectivity index (χ1n) is 7.35. The molecule has 0 aliphatic carbocycles. The number of rotatable bonds is 6. The summed E-state index contributed by atoms with van der Waals surface area (Å²) in [6.45, 7) is 0. The maximum absolute atomic E-state index is 12.1. The lowest BCUT2D eigenvalue weighted by Crippen LogP contribution is -2.16. The summed E-state index contributed by atoms with van der Waals surface area (Å²) in [5.41, 5.74) is 1.42. The van der Waals surface area contributed by atoms with E-state index in [1.165, 1.54) is 16.4 Å². The van der Waals surface area contributed by atoms with Crippen LogP contribution in [0.2, 0.25) is 0 Å². The average Bonchev–Trinajstić information content (AvgIpc) is 3.01. The van der Waals surface area contributed by atoms with Crippen molar-refractivity contribution < 1.29 is 9.53 Å². The van der Waals surface area contributed by atoms with Crippen LogP contribution in [0.5, 0.6) is 5.75 Å². The second-order valence-electron chi connectivity index (χ2n) is 4.99. The van der Waals surface area contributed by atoms with E-state index in [1.54, 1.807) is 49.8 Å². The summed E-state index contributed by atoms with van der Waals surface area (Å²) in [5.74, 6) is 7.15. The van der Waals surface area contributed by atoms with E-state index in [1.807, 2.05) is 6.07 Å². The molecule has 0 unspecified atom stereocenters. The second kappa shape index (κ2) is 7.67. The Labute approximate surface area is 148 Å². The van der Waals surface area contributed by atoms with Gasteiger partial charge in [-0.05, 0) is 24.3 Å². The number of carbonyl (C=O) groups is 1. The number of aromatic nitrogens is 4. The first-order valence-corrected chi connectivity index (χ1v) is 8.33. The molecule has 0 radical (unpaired) electrons. The van der Waals surface area contributed by atoms with Crippen LogP contribution in [0.15, 0.2) is 53.9 Å². The number of nitrogens with two attached hydrogens (primary N) is 1. The first-order chi connectivity index (χ1) is 12.2. The fraction of sp³-hybridized carbons (Fsp3) is 0.125. The minimum Gasteiger partial charge on any atom is -0.497 e. The van der Waals surface area contributed by atoms with E-state index in [0.29, 0.717) is 22.4 Å². The highest BCUT2D eigenvalue weighted by Gasteiger charge is 2.14. The number of nitrogens with one attached hydrogen (secondary N) is 1. The van der Waals surface area contributed by atoms with E-state index in [9.17, 15) is 4.79 Å². The Morgan fingerprint density at radius 2 is 2.20 bits per heavy atom. The number of amides is 1. The highest BCUT2D eigenvalue weighted by molar-refractivity contribution is 7.99. The molecule has 0 atom stereocenters. The van der Waals surface area contributed by atoms with E-state index >= 15 is 0 Å². The largest absolute Gasteiger partial charge is 0.497 e. The summed E-state index contributed by atoms with van der Waals surface area (Å²) in [6.07, 6.45) is 3.32. The third-order valence-electron chi connectivity index (χ3n) is 3.27. The Hall–Kier alpha value is -3.07. The van der Waals surface area contributed by atoms with Gasteiger partial charge in [0.05, 0.1) is 12.9 Å². The van der Waals surface area contributed by atoms with Crippen molar-refractivity contribution in [3.8, 4) is 17.1 Å². The molecular formula is C16H16N6O2S. The number of nitrogens with zero attached hydrogens (tertiary/aromatic N) is 4. The second-order valence-corrected chi connectivity index (χ2v) is 5.93. The zero-order valence-corrected chi connectivity index (χ0v) is 14.2. The molecule has 3 N–H and O–H groups in total. The van der Waals surface area contributed by atoms with Gasteiger partial charge in [-0.1, -0.05) is 17.8 Å². The van der Waals surface area contributed by atoms with E-state index in [4.69, 9.17) is 10.6 Å². The summed E-state index contributed by atoms with van der Waals surface area (Å²) in [6, 6.07) is 10.8. The quantitative estimate of drug-likeness (QED) is 0.512. The van der Waals surface area contributed by atoms with Gasteiger partial charge in [0.25, 0.3) is 0 Å². The zero-order chi connectivity index (χ0) is 17.6. The maximum Gasteiger partial charge on any atom is 0.234 e. The van der Waals surface area contributed by atoms with Crippen LogP contribution >= 0.6 is 11.8 Å². The van der Waals surface area contributed by atoms with E-state index < -0.39 is 0 Å². The Morgan fingerprint density at radius 1 is 1.32 bits per heavy atom. The molecule has 2 aromatic heterocycles. The van der Waals surface area contributed by atoms with Crippen LogP contribution < -0.4 is 15.9 Å². The van der Waals surface area contributed by atoms with Crippen molar-refractivity contribution in [3.63, 3.8) is 0 Å². The number of nitrogen functional groups attached to an aromatic ring is 1. The van der Waals surface area contributed by atoms with Crippen molar-refractivity contribution in [2.75, 3.05) is 24.0 Å². The van der Waals surface area contributed by atoms with E-state index in [-0.39, 0.29) is 11.7 Å². The molecule has 0 spiro atoms. The topological polar surface area (TPSA) is 108 Å². The number of thioether (sulfide) groups is 1. The van der Waals surface area contributed by atoms with Crippen LogP contribution in [-0.4, -0.2) is 38.6 Å². The third kappa shape index (κ3) is 4.07. The van der Waals surface area contributed by atoms with Gasteiger partial charge in [0.1, 0.15) is 5.75 Å². The van der Waals surface area contributed by atoms with Gasteiger partial charge in [-0.25, -0.2) is 4.68 Å². The highest BCUT2D eigenvalue weighted by atomic mass is 32.2. The van der Waals surface area contributed by atoms with Crippen LogP contribution in [0, 0.1) is 0 Å². The number of methoxy groups -OCH3 is 1. The molecule has 0 aliphatic heterocycles. The lowest BCUT2D eigenvalue weighted by molar-refractivity contribution is -0.113. The minimum atomic E-state index is -0.177. The molecule has 3 rings (SSSR count). The smallest absolute Gasteiger partial charge is 0.234 e. The molecular weight excluding hydrogens is 340 g/mol. The van der Waals surface area contributed by atoms with Crippen molar-refractivity contribution in [2.24, 2.45) is 0 Å². The number of benzene rings is 1. The number of ether oxygens (including phenoxy) is 1. The summed E-state index contributed by atoms with van der Waals surface area (Å²) >= 11 is 1.20. The van der Waals surface area contributed by atoms with Crippen LogP contribution in [0.3, 0.4) is 0 Å². The molecule has 3 aromatic rings. The average molecular weight is 356 g/mol. The number of hydrogen-bond donors (Lipinski definition) is 2. The molecule has 8 nitrogen and oxygen atoms in total. The van der Waals surface area contributed by atoms with Gasteiger partial charge in [0, 0.05) is 29.7 Å². The van der Waals surface area contributed by atoms with Gasteiger partial charge in [-0.2, -0.15) is 0 Å². The van der Waals surface area contributed by atoms with Gasteiger partial charge in [0.15, 0.2) is 5.82 Å². The Morgan fingerprint density at radius 3 is 2.96 bits per heavy atom. The number of pyridine rings is 1. The van der Waals surface area contributed by atoms with Gasteiger partial charge in [-0.3, -0.25) is 9.78 Å². The molecule has 1 aromatic carbocycles. The van der Waals surface area contributed by atoms with E-state index in [2.05, 4.69) is 20.5 Å². The van der Waals surface area contributed by atoms with Crippen molar-refractivity contribution in [3.05, 3.63) is 48.8 Å². The fourth-order valence-corrected chi connectivity index (χ4v) is 2.75. The van der Waals surface area contributed by atoms with Crippen molar-refractivity contribution >= 4 is 23.4 Å². The minimum absolute atomic E-state index is 0.152. The normalized spacial score (nSPS) is 10.4. The highest BCUT2D eigenvalue weighted by Crippen LogP contribution is 2.21. The summed E-state index contributed by atoms with van der Waals surface area (Å²) in [5, 5.41) is 11.3. The first kappa shape index (κ1) is 16.8. The van der Waals surface area contributed by atoms with Gasteiger partial charge >= 0.3 is 0 Å². The number of hydrogen-bond acceptors (Lipinski definition) is 7. The van der Waals surface area contributed by atoms with E-state index in [0.717, 1.165) is 5.56 Å². The summed E-state index contributed by atoms with van der Waals surface area (Å²) in [4.78, 5) is 16.1. The third-order valence-corrected chi connectivity index (χ3v) is 4.21. The lowest BCUT2D eigenvalue weighted by Gasteiger charge is -2.07. The summed E-state index contributed by atoms with van der Waals surface area (Å²) in [7, 11) is 1.57. The lowest BCUT2D eigenvalue weighted by atomic mass is 10.3. The molecule has 0 saturated heterocycles. The molecule has 9 heteroatoms. The molecule has 0 fully saturated rings. The van der Waals surface area contributed by atoms with Crippen molar-refractivity contribution in [1.82, 2.24) is 19.9 Å². The Balaban J connectivity index is 1.62. The molecule has 2 heterocycles. The molecule has 0 aliphatic rings. The number of anilines is 1. The van der Waals surface area contributed by atoms with Crippen LogP contribution in [0.4, 0.5) is 5.69 Å². The maximum atomic E-state index is 12.1. The monoisotopic (exact) mass is 356 g/mol. The predicted octanol–water partition coefficient (Wildman–Crippen LogP) is 1.79. The van der Waals surface area contributed by atoms with Crippen molar-refractivity contribution in [2.45, 2.75) is 5.16 Å². The SMILES string of the molecule is COc1cccc(NC(=O)CSc2nnc(-c3cccnc3)n2N)c1. The fourth-order valence-electron chi connectivity index (χ4n) is 2.10. The molecule has 25 heavy (non-hydrogen) atoms. The molecule has 128 valence electrons. The number of carbonyl (C=O) groups excluding carboxylic acids is 1. The summed E-state index contributed by atoms with van der Waals surface area (Å²) < 4.78 is 6.47. The molecule has 1 amide bonds. The van der Waals surface area contributed by atoms with Crippen LogP contribution in [0.25, 0.3) is 11.4 Å². The Kier molecular flexibility index (Phi) is 5.14.